The lowest BCUT2D eigenvalue weighted by atomic mass is 9.88. The summed E-state index contributed by atoms with van der Waals surface area (Å²) in [4.78, 5) is -0.140. The normalized spacial score (nSPS) is 12.1. The summed E-state index contributed by atoms with van der Waals surface area (Å²) in [6.07, 6.45) is 1.25. The number of nitrogens with zero attached hydrogens (tertiary/aromatic N) is 1. The minimum atomic E-state index is -3.80. The van der Waals surface area contributed by atoms with Crippen LogP contribution in [0.15, 0.2) is 23.1 Å². The van der Waals surface area contributed by atoms with Gasteiger partial charge in [-0.25, -0.2) is 17.5 Å². The van der Waals surface area contributed by atoms with Crippen LogP contribution in [0.2, 0.25) is 0 Å². The number of sulfonamides is 1. The maximum absolute atomic E-state index is 13.2. The van der Waals surface area contributed by atoms with E-state index in [1.807, 2.05) is 13.8 Å². The number of hydrogen-bond acceptors (Lipinski definition) is 4. The van der Waals surface area contributed by atoms with Crippen molar-refractivity contribution in [1.82, 2.24) is 4.72 Å². The van der Waals surface area contributed by atoms with Crippen molar-refractivity contribution in [3.05, 3.63) is 29.6 Å². The van der Waals surface area contributed by atoms with Gasteiger partial charge in [-0.1, -0.05) is 13.8 Å². The molecule has 0 heterocycles. The number of aliphatic hydroxyl groups excluding tert-OH is 1. The summed E-state index contributed by atoms with van der Waals surface area (Å²) in [7, 11) is -3.80. The van der Waals surface area contributed by atoms with Gasteiger partial charge in [0.25, 0.3) is 0 Å². The third kappa shape index (κ3) is 5.08. The van der Waals surface area contributed by atoms with E-state index in [4.69, 9.17) is 10.4 Å². The first-order chi connectivity index (χ1) is 9.72. The van der Waals surface area contributed by atoms with Crippen LogP contribution in [0.25, 0.3) is 0 Å². The van der Waals surface area contributed by atoms with E-state index in [-0.39, 0.29) is 29.0 Å². The first-order valence-corrected chi connectivity index (χ1v) is 8.00. The molecule has 0 saturated carbocycles. The van der Waals surface area contributed by atoms with Crippen molar-refractivity contribution in [2.75, 3.05) is 13.2 Å². The van der Waals surface area contributed by atoms with Crippen molar-refractivity contribution in [3.8, 4) is 6.07 Å². The summed E-state index contributed by atoms with van der Waals surface area (Å²) in [5, 5.41) is 17.6. The highest BCUT2D eigenvalue weighted by molar-refractivity contribution is 7.89. The Bertz CT molecular complexity index is 636. The summed E-state index contributed by atoms with van der Waals surface area (Å²) in [5.74, 6) is -0.750. The van der Waals surface area contributed by atoms with Crippen molar-refractivity contribution in [3.63, 3.8) is 0 Å². The van der Waals surface area contributed by atoms with Gasteiger partial charge < -0.3 is 5.11 Å². The molecule has 2 N–H and O–H groups in total. The average molecular weight is 314 g/mol. The molecule has 0 unspecified atom stereocenters. The van der Waals surface area contributed by atoms with Gasteiger partial charge in [-0.2, -0.15) is 5.26 Å². The molecule has 116 valence electrons. The number of nitrogens with one attached hydrogen (secondary N) is 1. The van der Waals surface area contributed by atoms with E-state index in [0.29, 0.717) is 12.8 Å². The van der Waals surface area contributed by atoms with Crippen LogP contribution in [0.3, 0.4) is 0 Å². The molecule has 21 heavy (non-hydrogen) atoms. The van der Waals surface area contributed by atoms with Crippen molar-refractivity contribution < 1.29 is 17.9 Å². The van der Waals surface area contributed by atoms with Gasteiger partial charge in [0.1, 0.15) is 11.9 Å². The zero-order valence-electron chi connectivity index (χ0n) is 12.1. The van der Waals surface area contributed by atoms with Gasteiger partial charge in [0.2, 0.25) is 10.0 Å². The van der Waals surface area contributed by atoms with Gasteiger partial charge in [0.05, 0.1) is 10.5 Å². The van der Waals surface area contributed by atoms with E-state index < -0.39 is 15.8 Å². The molecular weight excluding hydrogens is 295 g/mol. The molecule has 0 spiro atoms. The number of benzene rings is 1. The first-order valence-electron chi connectivity index (χ1n) is 6.52. The lowest BCUT2D eigenvalue weighted by molar-refractivity contribution is 0.242. The Morgan fingerprint density at radius 3 is 2.67 bits per heavy atom. The molecule has 0 aliphatic heterocycles. The number of halogens is 1. The van der Waals surface area contributed by atoms with Gasteiger partial charge in [-0.15, -0.1) is 0 Å². The molecule has 0 atom stereocenters. The predicted molar refractivity (Wildman–Crippen MR) is 76.4 cm³/mol. The van der Waals surface area contributed by atoms with Crippen LogP contribution in [0.4, 0.5) is 4.39 Å². The zero-order valence-corrected chi connectivity index (χ0v) is 12.9. The first kappa shape index (κ1) is 17.6. The monoisotopic (exact) mass is 314 g/mol. The second-order valence-corrected chi connectivity index (χ2v) is 7.34. The van der Waals surface area contributed by atoms with Crippen molar-refractivity contribution in [2.45, 2.75) is 31.6 Å². The molecule has 0 aliphatic carbocycles. The summed E-state index contributed by atoms with van der Waals surface area (Å²) >= 11 is 0. The second kappa shape index (κ2) is 6.98. The Morgan fingerprint density at radius 1 is 1.43 bits per heavy atom. The van der Waals surface area contributed by atoms with Crippen molar-refractivity contribution in [2.24, 2.45) is 5.41 Å². The fourth-order valence-electron chi connectivity index (χ4n) is 1.78. The maximum Gasteiger partial charge on any atom is 0.240 e. The van der Waals surface area contributed by atoms with E-state index in [9.17, 15) is 12.8 Å². The van der Waals surface area contributed by atoms with E-state index in [1.165, 1.54) is 0 Å². The summed E-state index contributed by atoms with van der Waals surface area (Å²) < 4.78 is 39.9. The van der Waals surface area contributed by atoms with E-state index in [1.54, 1.807) is 6.07 Å². The third-order valence-electron chi connectivity index (χ3n) is 3.12. The Hall–Kier alpha value is -1.49. The van der Waals surface area contributed by atoms with Crippen LogP contribution in [0, 0.1) is 22.6 Å². The topological polar surface area (TPSA) is 90.2 Å². The molecule has 0 aromatic heterocycles. The van der Waals surface area contributed by atoms with Gasteiger partial charge in [0.15, 0.2) is 0 Å². The molecule has 0 saturated heterocycles. The molecule has 1 aromatic carbocycles. The number of aliphatic hydroxyl groups is 1. The van der Waals surface area contributed by atoms with E-state index >= 15 is 0 Å². The molecule has 5 nitrogen and oxygen atoms in total. The fraction of sp³-hybridized carbons (Fsp3) is 0.500. The van der Waals surface area contributed by atoms with Gasteiger partial charge in [-0.3, -0.25) is 0 Å². The highest BCUT2D eigenvalue weighted by Gasteiger charge is 2.22. The summed E-state index contributed by atoms with van der Waals surface area (Å²) in [6, 6.07) is 4.71. The lowest BCUT2D eigenvalue weighted by Gasteiger charge is -2.24. The number of nitriles is 1. The molecule has 0 bridgehead atoms. The fourth-order valence-corrected chi connectivity index (χ4v) is 3.04. The highest BCUT2D eigenvalue weighted by atomic mass is 32.2. The predicted octanol–water partition coefficient (Wildman–Crippen LogP) is 1.77. The van der Waals surface area contributed by atoms with E-state index in [2.05, 4.69) is 4.72 Å². The number of hydrogen-bond donors (Lipinski definition) is 2. The smallest absolute Gasteiger partial charge is 0.240 e. The standard InChI is InChI=1S/C14H19FN2O3S/c1-14(2,6-3-7-18)10-17-21(19,20)12-4-5-13(15)11(8-12)9-16/h4-5,8,17-18H,3,6-7,10H2,1-2H3. The zero-order chi connectivity index (χ0) is 16.1. The highest BCUT2D eigenvalue weighted by Crippen LogP contribution is 2.22. The Kier molecular flexibility index (Phi) is 5.84. The molecule has 1 aromatic rings. The van der Waals surface area contributed by atoms with Crippen LogP contribution in [0.5, 0.6) is 0 Å². The Balaban J connectivity index is 2.85. The Morgan fingerprint density at radius 2 is 2.10 bits per heavy atom. The lowest BCUT2D eigenvalue weighted by Crippen LogP contribution is -2.34. The molecule has 0 aliphatic rings. The maximum atomic E-state index is 13.2. The molecule has 7 heteroatoms. The summed E-state index contributed by atoms with van der Waals surface area (Å²) in [5.41, 5.74) is -0.620. The summed E-state index contributed by atoms with van der Waals surface area (Å²) in [6.45, 7) is 4.02. The minimum Gasteiger partial charge on any atom is -0.396 e. The van der Waals surface area contributed by atoms with Crippen LogP contribution < -0.4 is 4.72 Å². The van der Waals surface area contributed by atoms with Gasteiger partial charge in [-0.05, 0) is 36.5 Å². The second-order valence-electron chi connectivity index (χ2n) is 5.57. The minimum absolute atomic E-state index is 0.0552. The molecule has 0 fully saturated rings. The molecule has 0 radical (unpaired) electrons. The molecule has 1 rings (SSSR count). The van der Waals surface area contributed by atoms with E-state index in [0.717, 1.165) is 18.2 Å². The third-order valence-corrected chi connectivity index (χ3v) is 4.52. The van der Waals surface area contributed by atoms with Gasteiger partial charge >= 0.3 is 0 Å². The quantitative estimate of drug-likeness (QED) is 0.802. The largest absolute Gasteiger partial charge is 0.396 e. The van der Waals surface area contributed by atoms with Crippen LogP contribution in [0.1, 0.15) is 32.3 Å². The van der Waals surface area contributed by atoms with Crippen LogP contribution in [-0.4, -0.2) is 26.7 Å². The number of rotatable bonds is 7. The molecular formula is C14H19FN2O3S. The Labute approximate surface area is 124 Å². The average Bonchev–Trinajstić information content (AvgIpc) is 2.44. The molecule has 0 amide bonds. The van der Waals surface area contributed by atoms with Crippen LogP contribution in [-0.2, 0) is 10.0 Å². The van der Waals surface area contributed by atoms with Gasteiger partial charge in [0, 0.05) is 13.2 Å². The van der Waals surface area contributed by atoms with Crippen LogP contribution >= 0.6 is 0 Å². The van der Waals surface area contributed by atoms with Crippen molar-refractivity contribution in [1.29, 1.82) is 5.26 Å². The van der Waals surface area contributed by atoms with Crippen molar-refractivity contribution >= 4 is 10.0 Å². The SMILES string of the molecule is CC(C)(CCCO)CNS(=O)(=O)c1ccc(F)c(C#N)c1.